The van der Waals surface area contributed by atoms with Gasteiger partial charge in [-0.25, -0.2) is 0 Å². The summed E-state index contributed by atoms with van der Waals surface area (Å²) in [5.74, 6) is 1.08. The van der Waals surface area contributed by atoms with E-state index in [4.69, 9.17) is 0 Å². The van der Waals surface area contributed by atoms with Crippen LogP contribution >= 0.6 is 23.1 Å². The predicted molar refractivity (Wildman–Crippen MR) is 87.4 cm³/mol. The Labute approximate surface area is 124 Å². The molecule has 1 aromatic heterocycles. The molecule has 0 aliphatic carbocycles. The molecule has 1 nitrogen and oxygen atoms in total. The zero-order chi connectivity index (χ0) is 13.7. The molecule has 0 aliphatic rings. The molecule has 2 aromatic rings. The van der Waals surface area contributed by atoms with E-state index in [0.717, 1.165) is 12.3 Å². The molecule has 1 unspecified atom stereocenters. The van der Waals surface area contributed by atoms with E-state index in [2.05, 4.69) is 61.8 Å². The quantitative estimate of drug-likeness (QED) is 0.767. The molecule has 19 heavy (non-hydrogen) atoms. The molecule has 0 radical (unpaired) electrons. The van der Waals surface area contributed by atoms with Gasteiger partial charge in [-0.3, -0.25) is 0 Å². The van der Waals surface area contributed by atoms with E-state index in [-0.39, 0.29) is 0 Å². The standard InChI is InChI=1S/C16H21NS2/c1-4-17-15(14-9-13(3)18-10-14)11-19-16-8-6-5-7-12(16)2/h5-10,15,17H,4,11H2,1-3H3. The zero-order valence-corrected chi connectivity index (χ0v) is 13.4. The van der Waals surface area contributed by atoms with Crippen LogP contribution in [0.25, 0.3) is 0 Å². The van der Waals surface area contributed by atoms with Crippen LogP contribution in [0.4, 0.5) is 0 Å². The van der Waals surface area contributed by atoms with Gasteiger partial charge >= 0.3 is 0 Å². The van der Waals surface area contributed by atoms with Crippen molar-refractivity contribution in [3.05, 3.63) is 51.7 Å². The fraction of sp³-hybridized carbons (Fsp3) is 0.375. The van der Waals surface area contributed by atoms with E-state index in [0.29, 0.717) is 6.04 Å². The van der Waals surface area contributed by atoms with Crippen molar-refractivity contribution >= 4 is 23.1 Å². The van der Waals surface area contributed by atoms with Crippen LogP contribution in [0.3, 0.4) is 0 Å². The van der Waals surface area contributed by atoms with Crippen LogP contribution in [-0.2, 0) is 0 Å². The van der Waals surface area contributed by atoms with Gasteiger partial charge in [-0.05, 0) is 49.0 Å². The molecular weight excluding hydrogens is 270 g/mol. The molecule has 0 saturated carbocycles. The van der Waals surface area contributed by atoms with Crippen LogP contribution in [0.15, 0.2) is 40.6 Å². The molecule has 0 spiro atoms. The Balaban J connectivity index is 2.03. The zero-order valence-electron chi connectivity index (χ0n) is 11.8. The Morgan fingerprint density at radius 1 is 1.26 bits per heavy atom. The van der Waals surface area contributed by atoms with Crippen LogP contribution in [0.5, 0.6) is 0 Å². The Bertz CT molecular complexity index is 519. The molecule has 3 heteroatoms. The lowest BCUT2D eigenvalue weighted by Gasteiger charge is -2.17. The first-order valence-corrected chi connectivity index (χ1v) is 8.54. The molecule has 0 saturated heterocycles. The predicted octanol–water partition coefficient (Wildman–Crippen LogP) is 4.81. The van der Waals surface area contributed by atoms with Gasteiger partial charge in [0.05, 0.1) is 0 Å². The fourth-order valence-corrected chi connectivity index (χ4v) is 3.94. The lowest BCUT2D eigenvalue weighted by Crippen LogP contribution is -2.22. The van der Waals surface area contributed by atoms with Crippen molar-refractivity contribution in [2.24, 2.45) is 0 Å². The Kier molecular flexibility index (Phi) is 5.49. The summed E-state index contributed by atoms with van der Waals surface area (Å²) in [6, 6.07) is 11.4. The highest BCUT2D eigenvalue weighted by atomic mass is 32.2. The van der Waals surface area contributed by atoms with E-state index in [1.807, 2.05) is 23.1 Å². The van der Waals surface area contributed by atoms with Gasteiger partial charge in [0.2, 0.25) is 0 Å². The number of hydrogen-bond donors (Lipinski definition) is 1. The average molecular weight is 291 g/mol. The maximum atomic E-state index is 3.59. The maximum absolute atomic E-state index is 3.59. The number of nitrogens with one attached hydrogen (secondary N) is 1. The van der Waals surface area contributed by atoms with Gasteiger partial charge in [0.1, 0.15) is 0 Å². The Morgan fingerprint density at radius 3 is 2.68 bits per heavy atom. The third-order valence-corrected chi connectivity index (χ3v) is 5.25. The van der Waals surface area contributed by atoms with E-state index in [1.54, 1.807) is 0 Å². The first-order chi connectivity index (χ1) is 9.20. The topological polar surface area (TPSA) is 12.0 Å². The van der Waals surface area contributed by atoms with E-state index >= 15 is 0 Å². The van der Waals surface area contributed by atoms with Crippen molar-refractivity contribution < 1.29 is 0 Å². The van der Waals surface area contributed by atoms with Gasteiger partial charge in [0.25, 0.3) is 0 Å². The van der Waals surface area contributed by atoms with Gasteiger partial charge in [-0.2, -0.15) is 0 Å². The number of rotatable bonds is 6. The van der Waals surface area contributed by atoms with Gasteiger partial charge in [0.15, 0.2) is 0 Å². The first kappa shape index (κ1) is 14.6. The first-order valence-electron chi connectivity index (χ1n) is 6.67. The van der Waals surface area contributed by atoms with Gasteiger partial charge in [-0.1, -0.05) is 25.1 Å². The average Bonchev–Trinajstić information content (AvgIpc) is 2.83. The third kappa shape index (κ3) is 4.10. The smallest absolute Gasteiger partial charge is 0.0423 e. The highest BCUT2D eigenvalue weighted by Crippen LogP contribution is 2.29. The molecule has 1 N–H and O–H groups in total. The normalized spacial score (nSPS) is 12.6. The molecule has 1 atom stereocenters. The number of benzene rings is 1. The van der Waals surface area contributed by atoms with Crippen molar-refractivity contribution in [2.45, 2.75) is 31.7 Å². The molecule has 0 bridgehead atoms. The van der Waals surface area contributed by atoms with Gasteiger partial charge < -0.3 is 5.32 Å². The van der Waals surface area contributed by atoms with Crippen molar-refractivity contribution in [3.63, 3.8) is 0 Å². The van der Waals surface area contributed by atoms with Crippen LogP contribution in [-0.4, -0.2) is 12.3 Å². The van der Waals surface area contributed by atoms with E-state index < -0.39 is 0 Å². The van der Waals surface area contributed by atoms with Crippen molar-refractivity contribution in [1.82, 2.24) is 5.32 Å². The molecule has 0 amide bonds. The number of aryl methyl sites for hydroxylation is 2. The number of thioether (sulfide) groups is 1. The van der Waals surface area contributed by atoms with E-state index in [1.165, 1.54) is 20.9 Å². The summed E-state index contributed by atoms with van der Waals surface area (Å²) in [7, 11) is 0. The second kappa shape index (κ2) is 7.13. The van der Waals surface area contributed by atoms with Crippen molar-refractivity contribution in [2.75, 3.05) is 12.3 Å². The molecular formula is C16H21NS2. The summed E-state index contributed by atoms with van der Waals surface area (Å²) in [6.45, 7) is 7.53. The molecule has 102 valence electrons. The van der Waals surface area contributed by atoms with Gasteiger partial charge in [-0.15, -0.1) is 23.1 Å². The van der Waals surface area contributed by atoms with Crippen LogP contribution in [0, 0.1) is 13.8 Å². The van der Waals surface area contributed by atoms with Crippen molar-refractivity contribution in [1.29, 1.82) is 0 Å². The second-order valence-electron chi connectivity index (χ2n) is 4.68. The monoisotopic (exact) mass is 291 g/mol. The third-order valence-electron chi connectivity index (χ3n) is 3.10. The summed E-state index contributed by atoms with van der Waals surface area (Å²) >= 11 is 3.78. The summed E-state index contributed by atoms with van der Waals surface area (Å²) in [4.78, 5) is 2.77. The summed E-state index contributed by atoms with van der Waals surface area (Å²) in [5, 5.41) is 5.87. The lowest BCUT2D eigenvalue weighted by atomic mass is 10.2. The minimum atomic E-state index is 0.444. The van der Waals surface area contributed by atoms with Gasteiger partial charge in [0, 0.05) is 21.6 Å². The highest BCUT2D eigenvalue weighted by Gasteiger charge is 2.12. The minimum absolute atomic E-state index is 0.444. The Morgan fingerprint density at radius 2 is 2.05 bits per heavy atom. The SMILES string of the molecule is CCNC(CSc1ccccc1C)c1csc(C)c1. The molecule has 1 heterocycles. The van der Waals surface area contributed by atoms with E-state index in [9.17, 15) is 0 Å². The summed E-state index contributed by atoms with van der Waals surface area (Å²) in [6.07, 6.45) is 0. The molecule has 2 rings (SSSR count). The minimum Gasteiger partial charge on any atom is -0.309 e. The summed E-state index contributed by atoms with van der Waals surface area (Å²) < 4.78 is 0. The second-order valence-corrected chi connectivity index (χ2v) is 6.85. The molecule has 0 fully saturated rings. The molecule has 0 aliphatic heterocycles. The fourth-order valence-electron chi connectivity index (χ4n) is 2.06. The summed E-state index contributed by atoms with van der Waals surface area (Å²) in [5.41, 5.74) is 2.79. The van der Waals surface area contributed by atoms with Crippen LogP contribution in [0.1, 0.15) is 29.0 Å². The molecule has 1 aromatic carbocycles. The largest absolute Gasteiger partial charge is 0.309 e. The number of thiophene rings is 1. The van der Waals surface area contributed by atoms with Crippen molar-refractivity contribution in [3.8, 4) is 0 Å². The Hall–Kier alpha value is -0.770. The maximum Gasteiger partial charge on any atom is 0.0423 e. The van der Waals surface area contributed by atoms with Crippen LogP contribution < -0.4 is 5.32 Å². The lowest BCUT2D eigenvalue weighted by molar-refractivity contribution is 0.607. The van der Waals surface area contributed by atoms with Crippen LogP contribution in [0.2, 0.25) is 0 Å². The number of hydrogen-bond acceptors (Lipinski definition) is 3. The highest BCUT2D eigenvalue weighted by molar-refractivity contribution is 7.99.